The third kappa shape index (κ3) is 3.20. The van der Waals surface area contributed by atoms with Gasteiger partial charge in [-0.2, -0.15) is 0 Å². The van der Waals surface area contributed by atoms with Gasteiger partial charge in [0.15, 0.2) is 5.78 Å². The predicted octanol–water partition coefficient (Wildman–Crippen LogP) is 3.63. The summed E-state index contributed by atoms with van der Waals surface area (Å²) in [5, 5.41) is 14.0. The van der Waals surface area contributed by atoms with Gasteiger partial charge in [0.05, 0.1) is 21.9 Å². The molecule has 0 saturated carbocycles. The van der Waals surface area contributed by atoms with Crippen molar-refractivity contribution in [3.63, 3.8) is 0 Å². The molecule has 1 aromatic heterocycles. The van der Waals surface area contributed by atoms with Gasteiger partial charge in [0, 0.05) is 11.6 Å². The summed E-state index contributed by atoms with van der Waals surface area (Å²) < 4.78 is 0.709. The smallest absolute Gasteiger partial charge is 0.292 e. The van der Waals surface area contributed by atoms with Gasteiger partial charge in [-0.05, 0) is 35.0 Å². The zero-order chi connectivity index (χ0) is 14.7. The molecule has 8 heteroatoms. The molecule has 1 N–H and O–H groups in total. The summed E-state index contributed by atoms with van der Waals surface area (Å²) in [5.74, 6) is -0.137. The molecule has 2 aromatic rings. The van der Waals surface area contributed by atoms with Gasteiger partial charge in [0.1, 0.15) is 10.3 Å². The second-order valence-electron chi connectivity index (χ2n) is 3.97. The number of anilines is 1. The van der Waals surface area contributed by atoms with Gasteiger partial charge in [0.25, 0.3) is 5.69 Å². The van der Waals surface area contributed by atoms with Crippen molar-refractivity contribution in [2.24, 2.45) is 0 Å². The first-order chi connectivity index (χ1) is 9.49. The van der Waals surface area contributed by atoms with E-state index in [9.17, 15) is 14.9 Å². The second-order valence-corrected chi connectivity index (χ2v) is 5.66. The molecular formula is C12H10BrN3O3S. The van der Waals surface area contributed by atoms with Crippen molar-refractivity contribution in [2.75, 3.05) is 5.32 Å². The number of halogens is 1. The van der Waals surface area contributed by atoms with Gasteiger partial charge in [-0.15, -0.1) is 11.3 Å². The van der Waals surface area contributed by atoms with E-state index in [0.29, 0.717) is 22.4 Å². The molecule has 104 valence electrons. The predicted molar refractivity (Wildman–Crippen MR) is 80.2 cm³/mol. The summed E-state index contributed by atoms with van der Waals surface area (Å²) in [6, 6.07) is 4.28. The maximum Gasteiger partial charge on any atom is 0.292 e. The molecule has 0 aliphatic carbocycles. The summed E-state index contributed by atoms with van der Waals surface area (Å²) in [5.41, 5.74) is 2.38. The third-order valence-corrected chi connectivity index (χ3v) is 4.41. The van der Waals surface area contributed by atoms with Gasteiger partial charge in [-0.25, -0.2) is 4.98 Å². The van der Waals surface area contributed by atoms with E-state index in [0.717, 1.165) is 4.88 Å². The van der Waals surface area contributed by atoms with Crippen LogP contribution in [0.1, 0.15) is 22.2 Å². The summed E-state index contributed by atoms with van der Waals surface area (Å²) in [6.45, 7) is 1.82. The van der Waals surface area contributed by atoms with Crippen molar-refractivity contribution in [3.8, 4) is 0 Å². The number of carbonyl (C=O) groups excluding carboxylic acids is 1. The van der Waals surface area contributed by atoms with Gasteiger partial charge in [-0.3, -0.25) is 14.9 Å². The number of carbonyl (C=O) groups is 1. The standard InChI is InChI=1S/C12H10BrN3O3S/c1-7(17)8-2-3-10(16(18)19)9(4-8)14-5-11-12(13)15-6-20-11/h2-4,6,14H,5H2,1H3. The van der Waals surface area contributed by atoms with Crippen LogP contribution in [-0.4, -0.2) is 15.7 Å². The number of nitro groups is 1. The third-order valence-electron chi connectivity index (χ3n) is 2.63. The van der Waals surface area contributed by atoms with Crippen LogP contribution in [0.5, 0.6) is 0 Å². The van der Waals surface area contributed by atoms with E-state index in [-0.39, 0.29) is 11.5 Å². The Morgan fingerprint density at radius 1 is 1.55 bits per heavy atom. The van der Waals surface area contributed by atoms with E-state index in [1.165, 1.54) is 36.5 Å². The van der Waals surface area contributed by atoms with Gasteiger partial charge >= 0.3 is 0 Å². The minimum atomic E-state index is -0.478. The van der Waals surface area contributed by atoms with Gasteiger partial charge in [0.2, 0.25) is 0 Å². The Hall–Kier alpha value is -1.80. The highest BCUT2D eigenvalue weighted by molar-refractivity contribution is 9.10. The zero-order valence-electron chi connectivity index (χ0n) is 10.4. The number of ketones is 1. The number of rotatable bonds is 5. The number of nitro benzene ring substituents is 1. The fourth-order valence-corrected chi connectivity index (χ4v) is 2.85. The molecular weight excluding hydrogens is 346 g/mol. The van der Waals surface area contributed by atoms with Crippen molar-refractivity contribution in [2.45, 2.75) is 13.5 Å². The van der Waals surface area contributed by atoms with Crippen molar-refractivity contribution in [1.29, 1.82) is 0 Å². The van der Waals surface area contributed by atoms with Crippen LogP contribution in [0.3, 0.4) is 0 Å². The van der Waals surface area contributed by atoms with Crippen LogP contribution < -0.4 is 5.32 Å². The number of thiazole rings is 1. The van der Waals surface area contributed by atoms with Crippen molar-refractivity contribution >= 4 is 44.4 Å². The minimum Gasteiger partial charge on any atom is -0.374 e. The molecule has 1 heterocycles. The van der Waals surface area contributed by atoms with Crippen LogP contribution in [0, 0.1) is 10.1 Å². The van der Waals surface area contributed by atoms with Crippen molar-refractivity contribution in [1.82, 2.24) is 4.98 Å². The first kappa shape index (κ1) is 14.6. The number of hydrogen-bond donors (Lipinski definition) is 1. The normalized spacial score (nSPS) is 10.3. The summed E-state index contributed by atoms with van der Waals surface area (Å²) in [7, 11) is 0. The monoisotopic (exact) mass is 355 g/mol. The topological polar surface area (TPSA) is 85.1 Å². The van der Waals surface area contributed by atoms with Crippen LogP contribution in [0.2, 0.25) is 0 Å². The lowest BCUT2D eigenvalue weighted by Crippen LogP contribution is -2.04. The molecule has 2 rings (SSSR count). The number of hydrogen-bond acceptors (Lipinski definition) is 6. The number of benzene rings is 1. The van der Waals surface area contributed by atoms with Crippen molar-refractivity contribution in [3.05, 3.63) is 48.9 Å². The van der Waals surface area contributed by atoms with Gasteiger partial charge < -0.3 is 5.32 Å². The Morgan fingerprint density at radius 3 is 2.85 bits per heavy atom. The highest BCUT2D eigenvalue weighted by Gasteiger charge is 2.16. The fraction of sp³-hybridized carbons (Fsp3) is 0.167. The molecule has 0 atom stereocenters. The number of Topliss-reactive ketones (excluding diaryl/α,β-unsaturated/α-hetero) is 1. The maximum absolute atomic E-state index is 11.4. The Labute approximate surface area is 127 Å². The van der Waals surface area contributed by atoms with Gasteiger partial charge in [-0.1, -0.05) is 0 Å². The highest BCUT2D eigenvalue weighted by atomic mass is 79.9. The van der Waals surface area contributed by atoms with E-state index < -0.39 is 4.92 Å². The highest BCUT2D eigenvalue weighted by Crippen LogP contribution is 2.28. The molecule has 0 radical (unpaired) electrons. The molecule has 1 aromatic carbocycles. The van der Waals surface area contributed by atoms with Crippen molar-refractivity contribution < 1.29 is 9.72 Å². The molecule has 0 bridgehead atoms. The van der Waals surface area contributed by atoms with Crippen LogP contribution in [-0.2, 0) is 6.54 Å². The average molecular weight is 356 g/mol. The maximum atomic E-state index is 11.4. The van der Waals surface area contributed by atoms with E-state index in [1.807, 2.05) is 0 Å². The molecule has 6 nitrogen and oxygen atoms in total. The number of aromatic nitrogens is 1. The van der Waals surface area contributed by atoms with E-state index in [4.69, 9.17) is 0 Å². The molecule has 0 saturated heterocycles. The Bertz CT molecular complexity index is 672. The van der Waals surface area contributed by atoms with E-state index in [2.05, 4.69) is 26.2 Å². The van der Waals surface area contributed by atoms with Crippen LogP contribution in [0.25, 0.3) is 0 Å². The lowest BCUT2D eigenvalue weighted by molar-refractivity contribution is -0.384. The van der Waals surface area contributed by atoms with Crippen LogP contribution >= 0.6 is 27.3 Å². The average Bonchev–Trinajstić information content (AvgIpc) is 2.81. The molecule has 0 amide bonds. The lowest BCUT2D eigenvalue weighted by Gasteiger charge is -2.07. The quantitative estimate of drug-likeness (QED) is 0.502. The first-order valence-corrected chi connectivity index (χ1v) is 7.27. The van der Waals surface area contributed by atoms with E-state index >= 15 is 0 Å². The van der Waals surface area contributed by atoms with Crippen LogP contribution in [0.4, 0.5) is 11.4 Å². The molecule has 0 fully saturated rings. The molecule has 0 aliphatic rings. The minimum absolute atomic E-state index is 0.0596. The van der Waals surface area contributed by atoms with E-state index in [1.54, 1.807) is 5.51 Å². The molecule has 0 aliphatic heterocycles. The van der Waals surface area contributed by atoms with Crippen LogP contribution in [0.15, 0.2) is 28.3 Å². The zero-order valence-corrected chi connectivity index (χ0v) is 12.8. The fourth-order valence-electron chi connectivity index (χ4n) is 1.60. The number of nitrogens with zero attached hydrogens (tertiary/aromatic N) is 2. The first-order valence-electron chi connectivity index (χ1n) is 5.60. The molecule has 0 spiro atoms. The Balaban J connectivity index is 2.28. The molecule has 0 unspecified atom stereocenters. The second kappa shape index (κ2) is 6.10. The SMILES string of the molecule is CC(=O)c1ccc([N+](=O)[O-])c(NCc2scnc2Br)c1. The lowest BCUT2D eigenvalue weighted by atomic mass is 10.1. The summed E-state index contributed by atoms with van der Waals surface area (Å²) in [4.78, 5) is 26.8. The largest absolute Gasteiger partial charge is 0.374 e. The Kier molecular flexibility index (Phi) is 4.46. The summed E-state index contributed by atoms with van der Waals surface area (Å²) >= 11 is 4.73. The molecule has 20 heavy (non-hydrogen) atoms. The Morgan fingerprint density at radius 2 is 2.30 bits per heavy atom. The summed E-state index contributed by atoms with van der Waals surface area (Å²) in [6.07, 6.45) is 0. The number of nitrogens with one attached hydrogen (secondary N) is 1.